The number of aromatic nitrogens is 1. The lowest BCUT2D eigenvalue weighted by atomic mass is 9.96. The highest BCUT2D eigenvalue weighted by molar-refractivity contribution is 5.96. The molecule has 4 aromatic rings. The van der Waals surface area contributed by atoms with Gasteiger partial charge < -0.3 is 9.63 Å². The molecule has 0 unspecified atom stereocenters. The van der Waals surface area contributed by atoms with Crippen molar-refractivity contribution in [2.24, 2.45) is 0 Å². The Kier molecular flexibility index (Phi) is 4.14. The molecule has 1 aromatic heterocycles. The molecule has 5 rings (SSSR count). The van der Waals surface area contributed by atoms with Gasteiger partial charge in [0.2, 0.25) is 0 Å². The fraction of sp³-hybridized carbons (Fsp3) is 0.208. The monoisotopic (exact) mass is 370 g/mol. The summed E-state index contributed by atoms with van der Waals surface area (Å²) < 4.78 is 5.71. The molecule has 0 amide bonds. The SMILES string of the molecule is Cc1cc(CN2CCc3onc(-c4cccc5ccccc45)c3C2)ccc1O. The first-order chi connectivity index (χ1) is 13.7. The molecule has 4 heteroatoms. The average Bonchev–Trinajstić information content (AvgIpc) is 3.13. The molecule has 1 aliphatic heterocycles. The largest absolute Gasteiger partial charge is 0.508 e. The number of phenols is 1. The van der Waals surface area contributed by atoms with Crippen LogP contribution in [0.25, 0.3) is 22.0 Å². The van der Waals surface area contributed by atoms with Crippen molar-refractivity contribution in [3.05, 3.63) is 83.1 Å². The Labute approximate surface area is 164 Å². The molecule has 0 saturated carbocycles. The zero-order valence-corrected chi connectivity index (χ0v) is 15.9. The number of aromatic hydroxyl groups is 1. The summed E-state index contributed by atoms with van der Waals surface area (Å²) in [5.74, 6) is 1.35. The van der Waals surface area contributed by atoms with Crippen molar-refractivity contribution in [2.45, 2.75) is 26.4 Å². The molecule has 0 fully saturated rings. The molecule has 0 bridgehead atoms. The minimum Gasteiger partial charge on any atom is -0.508 e. The van der Waals surface area contributed by atoms with Gasteiger partial charge in [-0.2, -0.15) is 0 Å². The van der Waals surface area contributed by atoms with E-state index in [0.717, 1.165) is 48.6 Å². The van der Waals surface area contributed by atoms with E-state index in [1.165, 1.54) is 21.9 Å². The molecule has 1 aliphatic rings. The molecule has 3 aromatic carbocycles. The summed E-state index contributed by atoms with van der Waals surface area (Å²) in [6, 6.07) is 20.6. The predicted octanol–water partition coefficient (Wildman–Crippen LogP) is 5.07. The van der Waals surface area contributed by atoms with Gasteiger partial charge in [-0.3, -0.25) is 4.90 Å². The smallest absolute Gasteiger partial charge is 0.143 e. The van der Waals surface area contributed by atoms with Crippen molar-refractivity contribution < 1.29 is 9.63 Å². The van der Waals surface area contributed by atoms with E-state index in [2.05, 4.69) is 58.6 Å². The molecule has 0 aliphatic carbocycles. The second-order valence-electron chi connectivity index (χ2n) is 7.54. The summed E-state index contributed by atoms with van der Waals surface area (Å²) in [6.45, 7) is 4.54. The van der Waals surface area contributed by atoms with Crippen LogP contribution < -0.4 is 0 Å². The van der Waals surface area contributed by atoms with Crippen LogP contribution in [-0.4, -0.2) is 21.7 Å². The first-order valence-corrected chi connectivity index (χ1v) is 9.65. The fourth-order valence-corrected chi connectivity index (χ4v) is 4.12. The molecule has 28 heavy (non-hydrogen) atoms. The number of nitrogens with zero attached hydrogens (tertiary/aromatic N) is 2. The van der Waals surface area contributed by atoms with Gasteiger partial charge >= 0.3 is 0 Å². The number of hydrogen-bond donors (Lipinski definition) is 1. The molecule has 0 saturated heterocycles. The lowest BCUT2D eigenvalue weighted by Gasteiger charge is -2.26. The van der Waals surface area contributed by atoms with Gasteiger partial charge in [0.05, 0.1) is 0 Å². The Balaban J connectivity index is 1.48. The van der Waals surface area contributed by atoms with Gasteiger partial charge in [0.25, 0.3) is 0 Å². The van der Waals surface area contributed by atoms with Crippen LogP contribution in [0.15, 0.2) is 65.2 Å². The quantitative estimate of drug-likeness (QED) is 0.547. The fourth-order valence-electron chi connectivity index (χ4n) is 4.12. The Hall–Kier alpha value is -3.11. The lowest BCUT2D eigenvalue weighted by Crippen LogP contribution is -2.29. The molecular formula is C24H22N2O2. The van der Waals surface area contributed by atoms with Crippen molar-refractivity contribution in [1.82, 2.24) is 10.1 Å². The summed E-state index contributed by atoms with van der Waals surface area (Å²) >= 11 is 0. The van der Waals surface area contributed by atoms with Crippen molar-refractivity contribution in [2.75, 3.05) is 6.54 Å². The third-order valence-electron chi connectivity index (χ3n) is 5.62. The van der Waals surface area contributed by atoms with Crippen LogP contribution in [0.5, 0.6) is 5.75 Å². The summed E-state index contributed by atoms with van der Waals surface area (Å²) in [7, 11) is 0. The predicted molar refractivity (Wildman–Crippen MR) is 110 cm³/mol. The highest BCUT2D eigenvalue weighted by Gasteiger charge is 2.25. The molecule has 2 heterocycles. The van der Waals surface area contributed by atoms with Crippen molar-refractivity contribution in [3.63, 3.8) is 0 Å². The van der Waals surface area contributed by atoms with Crippen LogP contribution in [0.1, 0.15) is 22.5 Å². The number of benzene rings is 3. The number of rotatable bonds is 3. The van der Waals surface area contributed by atoms with E-state index < -0.39 is 0 Å². The number of fused-ring (bicyclic) bond motifs is 2. The van der Waals surface area contributed by atoms with E-state index in [1.54, 1.807) is 6.07 Å². The van der Waals surface area contributed by atoms with E-state index in [-0.39, 0.29) is 0 Å². The van der Waals surface area contributed by atoms with Crippen LogP contribution in [0.2, 0.25) is 0 Å². The topological polar surface area (TPSA) is 49.5 Å². The van der Waals surface area contributed by atoms with E-state index in [0.29, 0.717) is 5.75 Å². The Morgan fingerprint density at radius 2 is 1.93 bits per heavy atom. The van der Waals surface area contributed by atoms with Gasteiger partial charge in [-0.1, -0.05) is 59.8 Å². The van der Waals surface area contributed by atoms with Gasteiger partial charge in [-0.15, -0.1) is 0 Å². The highest BCUT2D eigenvalue weighted by Crippen LogP contribution is 2.34. The molecule has 0 spiro atoms. The molecule has 140 valence electrons. The third kappa shape index (κ3) is 2.96. The maximum atomic E-state index is 9.77. The molecule has 0 atom stereocenters. The molecule has 1 N–H and O–H groups in total. The standard InChI is InChI=1S/C24H22N2O2/c1-16-13-17(9-10-22(16)27)14-26-12-11-23-21(15-26)24(25-28-23)20-8-4-6-18-5-2-3-7-19(18)20/h2-10,13,27H,11-12,14-15H2,1H3. The highest BCUT2D eigenvalue weighted by atomic mass is 16.5. The average molecular weight is 370 g/mol. The van der Waals surface area contributed by atoms with Crippen LogP contribution in [-0.2, 0) is 19.5 Å². The van der Waals surface area contributed by atoms with Crippen LogP contribution >= 0.6 is 0 Å². The van der Waals surface area contributed by atoms with Crippen molar-refractivity contribution in [3.8, 4) is 17.0 Å². The third-order valence-corrected chi connectivity index (χ3v) is 5.62. The number of hydrogen-bond acceptors (Lipinski definition) is 4. The Morgan fingerprint density at radius 1 is 1.07 bits per heavy atom. The molecular weight excluding hydrogens is 348 g/mol. The zero-order valence-electron chi connectivity index (χ0n) is 15.9. The van der Waals surface area contributed by atoms with E-state index >= 15 is 0 Å². The van der Waals surface area contributed by atoms with Crippen LogP contribution in [0.4, 0.5) is 0 Å². The second kappa shape index (κ2) is 6.80. The van der Waals surface area contributed by atoms with Gasteiger partial charge in [0.15, 0.2) is 0 Å². The van der Waals surface area contributed by atoms with Crippen LogP contribution in [0, 0.1) is 6.92 Å². The second-order valence-corrected chi connectivity index (χ2v) is 7.54. The first-order valence-electron chi connectivity index (χ1n) is 9.65. The van der Waals surface area contributed by atoms with E-state index in [9.17, 15) is 5.11 Å². The van der Waals surface area contributed by atoms with E-state index in [1.807, 2.05) is 13.0 Å². The Morgan fingerprint density at radius 3 is 2.82 bits per heavy atom. The number of aryl methyl sites for hydroxylation is 1. The van der Waals surface area contributed by atoms with E-state index in [4.69, 9.17) is 4.52 Å². The minimum absolute atomic E-state index is 0.349. The maximum Gasteiger partial charge on any atom is 0.143 e. The summed E-state index contributed by atoms with van der Waals surface area (Å²) in [6.07, 6.45) is 0.865. The minimum atomic E-state index is 0.349. The summed E-state index contributed by atoms with van der Waals surface area (Å²) in [5.41, 5.74) is 5.40. The lowest BCUT2D eigenvalue weighted by molar-refractivity contribution is 0.228. The first kappa shape index (κ1) is 17.0. The molecule has 0 radical (unpaired) electrons. The summed E-state index contributed by atoms with van der Waals surface area (Å²) in [5, 5.41) is 16.6. The Bertz CT molecular complexity index is 1160. The van der Waals surface area contributed by atoms with Crippen molar-refractivity contribution >= 4 is 10.8 Å². The van der Waals surface area contributed by atoms with Gasteiger partial charge in [0.1, 0.15) is 17.2 Å². The van der Waals surface area contributed by atoms with Crippen molar-refractivity contribution in [1.29, 1.82) is 0 Å². The van der Waals surface area contributed by atoms with Crippen LogP contribution in [0.3, 0.4) is 0 Å². The maximum absolute atomic E-state index is 9.77. The van der Waals surface area contributed by atoms with Gasteiger partial charge in [-0.05, 0) is 34.9 Å². The number of phenolic OH excluding ortho intramolecular Hbond substituents is 1. The molecule has 4 nitrogen and oxygen atoms in total. The zero-order chi connectivity index (χ0) is 19.1. The summed E-state index contributed by atoms with van der Waals surface area (Å²) in [4.78, 5) is 2.42. The normalized spacial score (nSPS) is 14.3. The van der Waals surface area contributed by atoms with Gasteiger partial charge in [-0.25, -0.2) is 0 Å². The van der Waals surface area contributed by atoms with Gasteiger partial charge in [0, 0.05) is 37.2 Å².